The highest BCUT2D eigenvalue weighted by Gasteiger charge is 2.30. The third kappa shape index (κ3) is 11.8. The zero-order chi connectivity index (χ0) is 19.6. The summed E-state index contributed by atoms with van der Waals surface area (Å²) < 4.78 is 6.00. The second kappa shape index (κ2) is 12.6. The van der Waals surface area contributed by atoms with Crippen molar-refractivity contribution < 1.29 is 14.0 Å². The molecule has 1 saturated carbocycles. The summed E-state index contributed by atoms with van der Waals surface area (Å²) in [6.45, 7) is 9.76. The molecule has 152 valence electrons. The van der Waals surface area contributed by atoms with Crippen LogP contribution in [-0.4, -0.2) is 37.1 Å². The third-order valence-electron chi connectivity index (χ3n) is 5.13. The molecule has 1 aliphatic carbocycles. The molecule has 1 aliphatic rings. The smallest absolute Gasteiger partial charge is 0.185 e. The lowest BCUT2D eigenvalue weighted by Gasteiger charge is -2.36. The van der Waals surface area contributed by atoms with Gasteiger partial charge in [0, 0.05) is 31.0 Å². The molecule has 1 rings (SSSR count). The topological polar surface area (TPSA) is 43.4 Å². The van der Waals surface area contributed by atoms with Gasteiger partial charge in [-0.2, -0.15) is 0 Å². The predicted octanol–water partition coefficient (Wildman–Crippen LogP) is 5.07. The Morgan fingerprint density at radius 2 is 1.54 bits per heavy atom. The fourth-order valence-electron chi connectivity index (χ4n) is 3.88. The van der Waals surface area contributed by atoms with Gasteiger partial charge in [0.1, 0.15) is 0 Å². The molecule has 0 aromatic heterocycles. The summed E-state index contributed by atoms with van der Waals surface area (Å²) >= 11 is 2.94. The van der Waals surface area contributed by atoms with Crippen LogP contribution in [0.15, 0.2) is 0 Å². The van der Waals surface area contributed by atoms with E-state index >= 15 is 0 Å². The lowest BCUT2D eigenvalue weighted by Crippen LogP contribution is -2.27. The van der Waals surface area contributed by atoms with E-state index in [9.17, 15) is 9.59 Å². The molecule has 0 N–H and O–H groups in total. The van der Waals surface area contributed by atoms with Gasteiger partial charge >= 0.3 is 0 Å². The van der Waals surface area contributed by atoms with E-state index in [1.165, 1.54) is 55.3 Å². The first kappa shape index (κ1) is 24.3. The number of rotatable bonds is 10. The van der Waals surface area contributed by atoms with Crippen molar-refractivity contribution in [1.82, 2.24) is 0 Å². The number of carbonyl (C=O) groups is 2. The van der Waals surface area contributed by atoms with Gasteiger partial charge in [0.05, 0.1) is 0 Å². The van der Waals surface area contributed by atoms with Gasteiger partial charge in [-0.3, -0.25) is 9.59 Å². The van der Waals surface area contributed by atoms with Crippen LogP contribution >= 0.6 is 23.5 Å². The average Bonchev–Trinajstić information content (AvgIpc) is 2.51. The summed E-state index contributed by atoms with van der Waals surface area (Å²) in [7, 11) is -0.407. The van der Waals surface area contributed by atoms with E-state index in [2.05, 4.69) is 20.8 Å². The van der Waals surface area contributed by atoms with E-state index < -0.39 is 9.76 Å². The van der Waals surface area contributed by atoms with E-state index in [0.29, 0.717) is 0 Å². The lowest BCUT2D eigenvalue weighted by atomic mass is 9.71. The normalized spacial score (nSPS) is 24.3. The van der Waals surface area contributed by atoms with Gasteiger partial charge in [0.15, 0.2) is 20.0 Å². The van der Waals surface area contributed by atoms with Crippen molar-refractivity contribution in [3.05, 3.63) is 0 Å². The van der Waals surface area contributed by atoms with Crippen molar-refractivity contribution in [1.29, 1.82) is 0 Å². The van der Waals surface area contributed by atoms with Gasteiger partial charge in [-0.05, 0) is 70.3 Å². The van der Waals surface area contributed by atoms with Crippen LogP contribution in [0.2, 0.25) is 6.04 Å². The number of hydrogen-bond donors (Lipinski definition) is 0. The van der Waals surface area contributed by atoms with Crippen LogP contribution in [0.1, 0.15) is 73.1 Å². The molecule has 0 radical (unpaired) electrons. The van der Waals surface area contributed by atoms with Gasteiger partial charge in [0.2, 0.25) is 0 Å². The first-order chi connectivity index (χ1) is 12.2. The van der Waals surface area contributed by atoms with Crippen LogP contribution in [0.5, 0.6) is 0 Å². The zero-order valence-electron chi connectivity index (χ0n) is 17.3. The summed E-state index contributed by atoms with van der Waals surface area (Å²) in [5.41, 5.74) is 0.0186. The maximum absolute atomic E-state index is 11.2. The van der Waals surface area contributed by atoms with Crippen molar-refractivity contribution >= 4 is 43.5 Å². The number of thioether (sulfide) groups is 2. The highest BCUT2D eigenvalue weighted by Crippen LogP contribution is 2.40. The molecule has 0 bridgehead atoms. The molecule has 6 heteroatoms. The second-order valence-corrected chi connectivity index (χ2v) is 12.5. The molecule has 0 aromatic carbocycles. The van der Waals surface area contributed by atoms with Crippen LogP contribution in [0, 0.1) is 17.8 Å². The molecule has 1 fully saturated rings. The minimum Gasteiger partial charge on any atom is -0.419 e. The standard InChI is InChI=1S/C20H38O3S2Si/c1-15(21)24-11-8-18-7-6-17(10-13-26-23-20(3,4)5)14-19(18)9-12-25-16(2)22/h17-19H,6-14,26H2,1-5H3. The fraction of sp³-hybridized carbons (Fsp3) is 0.900. The van der Waals surface area contributed by atoms with E-state index in [-0.39, 0.29) is 15.8 Å². The Morgan fingerprint density at radius 1 is 0.962 bits per heavy atom. The van der Waals surface area contributed by atoms with Crippen LogP contribution in [0.25, 0.3) is 0 Å². The minimum absolute atomic E-state index is 0.0186. The van der Waals surface area contributed by atoms with Crippen LogP contribution in [-0.2, 0) is 14.0 Å². The molecule has 3 atom stereocenters. The first-order valence-corrected chi connectivity index (χ1v) is 13.6. The maximum Gasteiger partial charge on any atom is 0.185 e. The van der Waals surface area contributed by atoms with Crippen molar-refractivity contribution in [3.8, 4) is 0 Å². The molecular formula is C20H38O3S2Si. The molecular weight excluding hydrogens is 380 g/mol. The van der Waals surface area contributed by atoms with Crippen LogP contribution in [0.4, 0.5) is 0 Å². The summed E-state index contributed by atoms with van der Waals surface area (Å²) in [5, 5.41) is 0.456. The molecule has 26 heavy (non-hydrogen) atoms. The molecule has 0 amide bonds. The Balaban J connectivity index is 2.42. The predicted molar refractivity (Wildman–Crippen MR) is 119 cm³/mol. The van der Waals surface area contributed by atoms with E-state index in [4.69, 9.17) is 4.43 Å². The highest BCUT2D eigenvalue weighted by atomic mass is 32.2. The summed E-state index contributed by atoms with van der Waals surface area (Å²) in [6.07, 6.45) is 7.53. The number of hydrogen-bond acceptors (Lipinski definition) is 5. The lowest BCUT2D eigenvalue weighted by molar-refractivity contribution is -0.109. The molecule has 0 heterocycles. The summed E-state index contributed by atoms with van der Waals surface area (Å²) in [5.74, 6) is 4.18. The molecule has 3 unspecified atom stereocenters. The number of carbonyl (C=O) groups excluding carboxylic acids is 2. The van der Waals surface area contributed by atoms with E-state index in [0.717, 1.165) is 42.1 Å². The largest absolute Gasteiger partial charge is 0.419 e. The minimum atomic E-state index is -0.407. The fourth-order valence-corrected chi connectivity index (χ4v) is 6.79. The van der Waals surface area contributed by atoms with Gasteiger partial charge in [-0.25, -0.2) is 0 Å². The van der Waals surface area contributed by atoms with Crippen molar-refractivity contribution in [2.75, 3.05) is 11.5 Å². The molecule has 0 aliphatic heterocycles. The van der Waals surface area contributed by atoms with Crippen molar-refractivity contribution in [3.63, 3.8) is 0 Å². The summed E-state index contributed by atoms with van der Waals surface area (Å²) in [4.78, 5) is 22.4. The van der Waals surface area contributed by atoms with Crippen molar-refractivity contribution in [2.45, 2.75) is 84.8 Å². The SMILES string of the molecule is CC(=O)SCCC1CCC(CC[SiH2]OC(C)(C)C)CC1CCSC(C)=O. The highest BCUT2D eigenvalue weighted by molar-refractivity contribution is 8.13. The Bertz CT molecular complexity index is 437. The van der Waals surface area contributed by atoms with E-state index in [1.54, 1.807) is 13.8 Å². The molecule has 0 spiro atoms. The van der Waals surface area contributed by atoms with Gasteiger partial charge in [-0.1, -0.05) is 36.4 Å². The van der Waals surface area contributed by atoms with Gasteiger partial charge in [-0.15, -0.1) is 0 Å². The van der Waals surface area contributed by atoms with Gasteiger partial charge in [0.25, 0.3) is 0 Å². The quantitative estimate of drug-likeness (QED) is 0.366. The van der Waals surface area contributed by atoms with Crippen LogP contribution < -0.4 is 0 Å². The average molecular weight is 419 g/mol. The Labute approximate surface area is 171 Å². The molecule has 3 nitrogen and oxygen atoms in total. The van der Waals surface area contributed by atoms with E-state index in [1.807, 2.05) is 0 Å². The second-order valence-electron chi connectivity index (χ2n) is 8.56. The molecule has 0 aromatic rings. The Hall–Kier alpha value is 0.217. The van der Waals surface area contributed by atoms with Crippen molar-refractivity contribution in [2.24, 2.45) is 17.8 Å². The monoisotopic (exact) mass is 418 g/mol. The first-order valence-electron chi connectivity index (χ1n) is 10.1. The zero-order valence-corrected chi connectivity index (χ0v) is 20.4. The Morgan fingerprint density at radius 3 is 2.08 bits per heavy atom. The maximum atomic E-state index is 11.2. The molecule has 0 saturated heterocycles. The van der Waals surface area contributed by atoms with Gasteiger partial charge < -0.3 is 4.43 Å². The third-order valence-corrected chi connectivity index (χ3v) is 8.59. The van der Waals surface area contributed by atoms with Crippen LogP contribution in [0.3, 0.4) is 0 Å². The Kier molecular flexibility index (Phi) is 11.8. The summed E-state index contributed by atoms with van der Waals surface area (Å²) in [6, 6.07) is 1.28.